The number of hydrogen-bond donors (Lipinski definition) is 3. The van der Waals surface area contributed by atoms with Gasteiger partial charge in [-0.05, 0) is 6.92 Å². The second-order valence-corrected chi connectivity index (χ2v) is 5.09. The molecule has 0 fully saturated rings. The van der Waals surface area contributed by atoms with Crippen LogP contribution < -0.4 is 10.8 Å². The van der Waals surface area contributed by atoms with Crippen molar-refractivity contribution < 1.29 is 10.0 Å². The number of benzene rings is 1. The molecule has 1 heterocycles. The zero-order valence-corrected chi connectivity index (χ0v) is 12.3. The number of amidine groups is 1. The Morgan fingerprint density at radius 3 is 2.81 bits per heavy atom. The van der Waals surface area contributed by atoms with Crippen LogP contribution >= 0.6 is 0 Å². The van der Waals surface area contributed by atoms with Crippen molar-refractivity contribution in [2.24, 2.45) is 4.99 Å². The highest BCUT2D eigenvalue weighted by Crippen LogP contribution is 2.12. The fourth-order valence-electron chi connectivity index (χ4n) is 2.27. The first-order valence-electron chi connectivity index (χ1n) is 7.21. The second kappa shape index (κ2) is 7.75. The van der Waals surface area contributed by atoms with E-state index < -0.39 is 0 Å². The lowest BCUT2D eigenvalue weighted by molar-refractivity contribution is -0.129. The van der Waals surface area contributed by atoms with Crippen LogP contribution in [0.2, 0.25) is 0 Å². The lowest BCUT2D eigenvalue weighted by Gasteiger charge is -2.20. The van der Waals surface area contributed by atoms with Gasteiger partial charge in [0.15, 0.2) is 0 Å². The van der Waals surface area contributed by atoms with Crippen molar-refractivity contribution in [3.8, 4) is 0 Å². The highest BCUT2D eigenvalue weighted by Gasteiger charge is 2.17. The molecule has 1 aliphatic heterocycles. The summed E-state index contributed by atoms with van der Waals surface area (Å²) < 4.78 is 0. The molecular formula is C15H22N4O2. The number of nitrogens with zero attached hydrogens (tertiary/aromatic N) is 2. The zero-order chi connectivity index (χ0) is 15.1. The van der Waals surface area contributed by atoms with Gasteiger partial charge in [0.25, 0.3) is 0 Å². The summed E-state index contributed by atoms with van der Waals surface area (Å²) in [6.45, 7) is 6.02. The van der Waals surface area contributed by atoms with Gasteiger partial charge in [-0.2, -0.15) is 0 Å². The smallest absolute Gasteiger partial charge is 0.244 e. The van der Waals surface area contributed by atoms with Crippen LogP contribution in [0, 0.1) is 6.92 Å². The number of hydrogen-bond acceptors (Lipinski definition) is 5. The van der Waals surface area contributed by atoms with Crippen LogP contribution in [0.25, 0.3) is 0 Å². The molecule has 6 heteroatoms. The second-order valence-electron chi connectivity index (χ2n) is 5.09. The van der Waals surface area contributed by atoms with Gasteiger partial charge in [-0.1, -0.05) is 29.8 Å². The van der Waals surface area contributed by atoms with Crippen LogP contribution in [0.5, 0.6) is 0 Å². The molecule has 0 spiro atoms. The Hall–Kier alpha value is -1.92. The Labute approximate surface area is 124 Å². The summed E-state index contributed by atoms with van der Waals surface area (Å²) in [6, 6.07) is 8.40. The van der Waals surface area contributed by atoms with Crippen molar-refractivity contribution >= 4 is 11.7 Å². The van der Waals surface area contributed by atoms with Gasteiger partial charge in [-0.25, -0.2) is 5.48 Å². The normalized spacial score (nSPS) is 14.2. The van der Waals surface area contributed by atoms with E-state index in [9.17, 15) is 4.79 Å². The third-order valence-corrected chi connectivity index (χ3v) is 3.45. The predicted molar refractivity (Wildman–Crippen MR) is 81.6 cm³/mol. The van der Waals surface area contributed by atoms with Crippen molar-refractivity contribution in [1.82, 2.24) is 15.7 Å². The van der Waals surface area contributed by atoms with Crippen molar-refractivity contribution in [2.45, 2.75) is 13.3 Å². The van der Waals surface area contributed by atoms with E-state index in [0.717, 1.165) is 37.6 Å². The summed E-state index contributed by atoms with van der Waals surface area (Å²) in [6.07, 6.45) is 0.273. The summed E-state index contributed by atoms with van der Waals surface area (Å²) in [7, 11) is 0. The maximum atomic E-state index is 10.9. The molecule has 1 aromatic rings. The number of nitrogens with one attached hydrogen (secondary N) is 2. The third kappa shape index (κ3) is 4.54. The molecule has 6 nitrogen and oxygen atoms in total. The summed E-state index contributed by atoms with van der Waals surface area (Å²) in [5.41, 5.74) is 4.02. The molecule has 3 N–H and O–H groups in total. The number of amides is 1. The van der Waals surface area contributed by atoms with E-state index in [-0.39, 0.29) is 12.3 Å². The van der Waals surface area contributed by atoms with E-state index in [0.29, 0.717) is 6.54 Å². The van der Waals surface area contributed by atoms with E-state index in [4.69, 9.17) is 5.21 Å². The summed E-state index contributed by atoms with van der Waals surface area (Å²) in [5.74, 6) is 0.676. The van der Waals surface area contributed by atoms with Gasteiger partial charge in [0.1, 0.15) is 5.84 Å². The molecule has 0 saturated heterocycles. The van der Waals surface area contributed by atoms with E-state index in [1.807, 2.05) is 0 Å². The van der Waals surface area contributed by atoms with Gasteiger partial charge in [0.05, 0.1) is 6.54 Å². The Bertz CT molecular complexity index is 499. The van der Waals surface area contributed by atoms with Gasteiger partial charge in [0.2, 0.25) is 5.91 Å². The van der Waals surface area contributed by atoms with Crippen LogP contribution in [-0.2, 0) is 4.79 Å². The number of carbonyl (C=O) groups is 1. The van der Waals surface area contributed by atoms with Gasteiger partial charge < -0.3 is 10.2 Å². The fraction of sp³-hybridized carbons (Fsp3) is 0.467. The molecule has 1 aromatic carbocycles. The van der Waals surface area contributed by atoms with Crippen LogP contribution in [0.15, 0.2) is 29.3 Å². The fourth-order valence-corrected chi connectivity index (χ4v) is 2.27. The maximum absolute atomic E-state index is 10.9. The monoisotopic (exact) mass is 290 g/mol. The standard InChI is InChI=1S/C15H22N4O2/c1-12-2-4-13(5-3-12)15-17-9-11-19(15)10-8-16-7-6-14(20)18-21/h2-5,16,21H,6-11H2,1H3,(H,18,20). The lowest BCUT2D eigenvalue weighted by atomic mass is 10.1. The average molecular weight is 290 g/mol. The van der Waals surface area contributed by atoms with Crippen molar-refractivity contribution in [3.05, 3.63) is 35.4 Å². The van der Waals surface area contributed by atoms with Crippen LogP contribution in [-0.4, -0.2) is 54.6 Å². The molecule has 21 heavy (non-hydrogen) atoms. The first kappa shape index (κ1) is 15.5. The SMILES string of the molecule is Cc1ccc(C2=NCCN2CCNCCC(=O)NO)cc1. The summed E-state index contributed by atoms with van der Waals surface area (Å²) in [4.78, 5) is 17.7. The summed E-state index contributed by atoms with van der Waals surface area (Å²) in [5, 5.41) is 11.6. The zero-order valence-electron chi connectivity index (χ0n) is 12.3. The molecule has 0 saturated carbocycles. The van der Waals surface area contributed by atoms with Crippen LogP contribution in [0.1, 0.15) is 17.5 Å². The van der Waals surface area contributed by atoms with Crippen LogP contribution in [0.3, 0.4) is 0 Å². The highest BCUT2D eigenvalue weighted by molar-refractivity contribution is 5.99. The maximum Gasteiger partial charge on any atom is 0.244 e. The molecule has 0 aromatic heterocycles. The number of aliphatic imine (C=N–C) groups is 1. The Morgan fingerprint density at radius 1 is 1.33 bits per heavy atom. The molecule has 0 unspecified atom stereocenters. The molecule has 1 aliphatic rings. The van der Waals surface area contributed by atoms with Gasteiger partial charge >= 0.3 is 0 Å². The molecule has 0 aliphatic carbocycles. The first-order chi connectivity index (χ1) is 10.2. The first-order valence-corrected chi connectivity index (χ1v) is 7.21. The molecular weight excluding hydrogens is 268 g/mol. The third-order valence-electron chi connectivity index (χ3n) is 3.45. The molecule has 0 bridgehead atoms. The molecule has 0 radical (unpaired) electrons. The van der Waals surface area contributed by atoms with Gasteiger partial charge in [-0.3, -0.25) is 15.0 Å². The van der Waals surface area contributed by atoms with E-state index in [2.05, 4.69) is 46.4 Å². The lowest BCUT2D eigenvalue weighted by Crippen LogP contribution is -2.36. The summed E-state index contributed by atoms with van der Waals surface area (Å²) >= 11 is 0. The van der Waals surface area contributed by atoms with Crippen molar-refractivity contribution in [1.29, 1.82) is 0 Å². The van der Waals surface area contributed by atoms with E-state index in [1.54, 1.807) is 5.48 Å². The van der Waals surface area contributed by atoms with Crippen molar-refractivity contribution in [3.63, 3.8) is 0 Å². The minimum absolute atomic E-state index is 0.273. The molecule has 114 valence electrons. The average Bonchev–Trinajstić information content (AvgIpc) is 2.96. The largest absolute Gasteiger partial charge is 0.353 e. The minimum atomic E-state index is -0.370. The highest BCUT2D eigenvalue weighted by atomic mass is 16.5. The van der Waals surface area contributed by atoms with Gasteiger partial charge in [-0.15, -0.1) is 0 Å². The number of hydroxylamine groups is 1. The Kier molecular flexibility index (Phi) is 5.71. The molecule has 2 rings (SSSR count). The van der Waals surface area contributed by atoms with E-state index in [1.165, 1.54) is 5.56 Å². The predicted octanol–water partition coefficient (Wildman–Crippen LogP) is 0.542. The number of aryl methyl sites for hydroxylation is 1. The Balaban J connectivity index is 1.77. The van der Waals surface area contributed by atoms with Crippen molar-refractivity contribution in [2.75, 3.05) is 32.7 Å². The quantitative estimate of drug-likeness (QED) is 0.389. The molecule has 1 amide bonds. The number of rotatable bonds is 7. The van der Waals surface area contributed by atoms with Crippen LogP contribution in [0.4, 0.5) is 0 Å². The minimum Gasteiger partial charge on any atom is -0.353 e. The Morgan fingerprint density at radius 2 is 2.10 bits per heavy atom. The van der Waals surface area contributed by atoms with Gasteiger partial charge in [0, 0.05) is 38.2 Å². The number of carbonyl (C=O) groups excluding carboxylic acids is 1. The van der Waals surface area contributed by atoms with E-state index >= 15 is 0 Å². The topological polar surface area (TPSA) is 77.0 Å². The molecule has 0 atom stereocenters.